The van der Waals surface area contributed by atoms with Crippen molar-refractivity contribution in [2.24, 2.45) is 5.92 Å². The van der Waals surface area contributed by atoms with E-state index in [4.69, 9.17) is 0 Å². The summed E-state index contributed by atoms with van der Waals surface area (Å²) >= 11 is 0. The van der Waals surface area contributed by atoms with Crippen LogP contribution < -0.4 is 5.32 Å². The standard InChI is InChI=1S/C26H29N3O2/c30-25(23-17-19-9-4-5-10-21(19)22-11-6-14-27-24(22)23)28-20-12-15-29(16-13-20)26(31)18-7-2-1-3-8-18/h4-6,9-11,14,17-18,20H,1-3,7-8,12-13,15-16H2,(H,28,30). The molecule has 31 heavy (non-hydrogen) atoms. The van der Waals surface area contributed by atoms with Gasteiger partial charge in [-0.05, 0) is 48.6 Å². The number of amides is 2. The highest BCUT2D eigenvalue weighted by Gasteiger charge is 2.30. The predicted octanol–water partition coefficient (Wildman–Crippen LogP) is 4.69. The Morgan fingerprint density at radius 1 is 0.903 bits per heavy atom. The van der Waals surface area contributed by atoms with E-state index in [0.29, 0.717) is 11.5 Å². The van der Waals surface area contributed by atoms with Crippen molar-refractivity contribution in [2.75, 3.05) is 13.1 Å². The Balaban J connectivity index is 1.29. The average Bonchev–Trinajstić information content (AvgIpc) is 2.84. The van der Waals surface area contributed by atoms with Crippen LogP contribution in [0.1, 0.15) is 55.3 Å². The molecule has 5 heteroatoms. The van der Waals surface area contributed by atoms with Gasteiger partial charge >= 0.3 is 0 Å². The molecule has 2 aliphatic rings. The summed E-state index contributed by atoms with van der Waals surface area (Å²) in [6.45, 7) is 1.47. The minimum absolute atomic E-state index is 0.0773. The van der Waals surface area contributed by atoms with Crippen LogP contribution in [0.5, 0.6) is 0 Å². The molecular weight excluding hydrogens is 386 g/mol. The van der Waals surface area contributed by atoms with Gasteiger partial charge in [-0.3, -0.25) is 14.6 Å². The number of rotatable bonds is 3. The minimum Gasteiger partial charge on any atom is -0.349 e. The van der Waals surface area contributed by atoms with Crippen molar-refractivity contribution in [3.8, 4) is 0 Å². The lowest BCUT2D eigenvalue weighted by Gasteiger charge is -2.35. The number of likely N-dealkylation sites (tertiary alicyclic amines) is 1. The minimum atomic E-state index is -0.0773. The molecule has 2 fully saturated rings. The molecule has 1 aliphatic carbocycles. The highest BCUT2D eigenvalue weighted by Crippen LogP contribution is 2.28. The van der Waals surface area contributed by atoms with E-state index in [0.717, 1.165) is 60.4 Å². The van der Waals surface area contributed by atoms with E-state index in [2.05, 4.69) is 16.4 Å². The molecule has 0 spiro atoms. The van der Waals surface area contributed by atoms with Gasteiger partial charge in [-0.25, -0.2) is 0 Å². The van der Waals surface area contributed by atoms with Crippen LogP contribution in [0.3, 0.4) is 0 Å². The van der Waals surface area contributed by atoms with Gasteiger partial charge in [0.15, 0.2) is 0 Å². The number of nitrogens with zero attached hydrogens (tertiary/aromatic N) is 2. The molecular formula is C26H29N3O2. The Morgan fingerprint density at radius 3 is 2.45 bits per heavy atom. The van der Waals surface area contributed by atoms with Gasteiger partial charge in [0.1, 0.15) is 0 Å². The molecule has 1 aliphatic heterocycles. The van der Waals surface area contributed by atoms with Crippen molar-refractivity contribution in [2.45, 2.75) is 51.0 Å². The van der Waals surface area contributed by atoms with Gasteiger partial charge in [0.2, 0.25) is 5.91 Å². The van der Waals surface area contributed by atoms with E-state index >= 15 is 0 Å². The first-order valence-electron chi connectivity index (χ1n) is 11.6. The molecule has 1 aromatic heterocycles. The van der Waals surface area contributed by atoms with Crippen LogP contribution in [0.4, 0.5) is 0 Å². The van der Waals surface area contributed by atoms with Gasteiger partial charge in [-0.15, -0.1) is 0 Å². The molecule has 5 rings (SSSR count). The number of aromatic nitrogens is 1. The van der Waals surface area contributed by atoms with E-state index in [1.54, 1.807) is 6.20 Å². The van der Waals surface area contributed by atoms with Gasteiger partial charge in [0.05, 0.1) is 11.1 Å². The summed E-state index contributed by atoms with van der Waals surface area (Å²) in [5, 5.41) is 6.36. The highest BCUT2D eigenvalue weighted by atomic mass is 16.2. The Kier molecular flexibility index (Phi) is 5.58. The summed E-state index contributed by atoms with van der Waals surface area (Å²) in [5.74, 6) is 0.468. The highest BCUT2D eigenvalue weighted by molar-refractivity contribution is 6.15. The van der Waals surface area contributed by atoms with E-state index in [1.807, 2.05) is 41.3 Å². The lowest BCUT2D eigenvalue weighted by molar-refractivity contribution is -0.137. The third-order valence-corrected chi connectivity index (χ3v) is 6.95. The van der Waals surface area contributed by atoms with Gasteiger partial charge in [-0.2, -0.15) is 0 Å². The fourth-order valence-corrected chi connectivity index (χ4v) is 5.22. The smallest absolute Gasteiger partial charge is 0.253 e. The maximum absolute atomic E-state index is 13.2. The third kappa shape index (κ3) is 4.01. The number of carbonyl (C=O) groups excluding carboxylic acids is 2. The fraction of sp³-hybridized carbons (Fsp3) is 0.423. The summed E-state index contributed by atoms with van der Waals surface area (Å²) in [6.07, 6.45) is 9.05. The monoisotopic (exact) mass is 415 g/mol. The topological polar surface area (TPSA) is 62.3 Å². The SMILES string of the molecule is O=C(NC1CCN(C(=O)C2CCCCC2)CC1)c1cc2ccccc2c2cccnc12. The second-order valence-electron chi connectivity index (χ2n) is 8.95. The number of fused-ring (bicyclic) bond motifs is 3. The van der Waals surface area contributed by atoms with Crippen LogP contribution in [0.15, 0.2) is 48.7 Å². The molecule has 2 amide bonds. The van der Waals surface area contributed by atoms with Crippen LogP contribution in [0.2, 0.25) is 0 Å². The number of piperidine rings is 1. The average molecular weight is 416 g/mol. The predicted molar refractivity (Wildman–Crippen MR) is 123 cm³/mol. The Morgan fingerprint density at radius 2 is 1.65 bits per heavy atom. The van der Waals surface area contributed by atoms with Gasteiger partial charge in [0, 0.05) is 36.6 Å². The molecule has 2 heterocycles. The van der Waals surface area contributed by atoms with Gasteiger partial charge in [-0.1, -0.05) is 49.6 Å². The number of pyridine rings is 1. The second-order valence-corrected chi connectivity index (χ2v) is 8.95. The maximum atomic E-state index is 13.2. The summed E-state index contributed by atoms with van der Waals surface area (Å²) < 4.78 is 0. The van der Waals surface area contributed by atoms with Crippen LogP contribution in [0.25, 0.3) is 21.7 Å². The Labute approximate surface area is 182 Å². The fourth-order valence-electron chi connectivity index (χ4n) is 5.22. The van der Waals surface area contributed by atoms with E-state index in [1.165, 1.54) is 19.3 Å². The van der Waals surface area contributed by atoms with Crippen molar-refractivity contribution in [3.05, 3.63) is 54.2 Å². The summed E-state index contributed by atoms with van der Waals surface area (Å²) in [4.78, 5) is 32.5. The summed E-state index contributed by atoms with van der Waals surface area (Å²) in [6, 6.07) is 14.1. The zero-order valence-electron chi connectivity index (χ0n) is 17.8. The molecule has 1 N–H and O–H groups in total. The zero-order chi connectivity index (χ0) is 21.2. The molecule has 3 aromatic rings. The second kappa shape index (κ2) is 8.66. The normalized spacial score (nSPS) is 18.4. The maximum Gasteiger partial charge on any atom is 0.253 e. The Bertz CT molecular complexity index is 1110. The van der Waals surface area contributed by atoms with E-state index in [-0.39, 0.29) is 17.9 Å². The van der Waals surface area contributed by atoms with Gasteiger partial charge < -0.3 is 10.2 Å². The molecule has 0 bridgehead atoms. The number of carbonyl (C=O) groups is 2. The van der Waals surface area contributed by atoms with Gasteiger partial charge in [0.25, 0.3) is 5.91 Å². The Hall–Kier alpha value is -2.95. The van der Waals surface area contributed by atoms with Crippen LogP contribution in [0, 0.1) is 5.92 Å². The van der Waals surface area contributed by atoms with E-state index in [9.17, 15) is 9.59 Å². The molecule has 160 valence electrons. The first-order chi connectivity index (χ1) is 15.2. The van der Waals surface area contributed by atoms with Crippen molar-refractivity contribution in [1.82, 2.24) is 15.2 Å². The molecule has 0 atom stereocenters. The summed E-state index contributed by atoms with van der Waals surface area (Å²) in [7, 11) is 0. The largest absolute Gasteiger partial charge is 0.349 e. The number of hydrogen-bond acceptors (Lipinski definition) is 3. The van der Waals surface area contributed by atoms with Crippen molar-refractivity contribution < 1.29 is 9.59 Å². The van der Waals surface area contributed by atoms with Crippen LogP contribution >= 0.6 is 0 Å². The van der Waals surface area contributed by atoms with Crippen molar-refractivity contribution >= 4 is 33.5 Å². The van der Waals surface area contributed by atoms with E-state index < -0.39 is 0 Å². The molecule has 5 nitrogen and oxygen atoms in total. The number of benzene rings is 2. The van der Waals surface area contributed by atoms with Crippen LogP contribution in [-0.2, 0) is 4.79 Å². The molecule has 0 unspecified atom stereocenters. The molecule has 0 radical (unpaired) electrons. The number of hydrogen-bond donors (Lipinski definition) is 1. The first kappa shape index (κ1) is 20.0. The van der Waals surface area contributed by atoms with Crippen LogP contribution in [-0.4, -0.2) is 40.8 Å². The van der Waals surface area contributed by atoms with Crippen molar-refractivity contribution in [3.63, 3.8) is 0 Å². The first-order valence-corrected chi connectivity index (χ1v) is 11.6. The molecule has 1 saturated carbocycles. The quantitative estimate of drug-likeness (QED) is 0.631. The summed E-state index contributed by atoms with van der Waals surface area (Å²) in [5.41, 5.74) is 1.36. The third-order valence-electron chi connectivity index (χ3n) is 6.95. The van der Waals surface area contributed by atoms with Crippen molar-refractivity contribution in [1.29, 1.82) is 0 Å². The molecule has 2 aromatic carbocycles. The lowest BCUT2D eigenvalue weighted by Crippen LogP contribution is -2.48. The lowest BCUT2D eigenvalue weighted by atomic mass is 9.87. The number of nitrogens with one attached hydrogen (secondary N) is 1. The molecule has 1 saturated heterocycles. The zero-order valence-corrected chi connectivity index (χ0v) is 17.8.